The number of anilines is 1. The topological polar surface area (TPSA) is 148 Å². The molecule has 0 saturated heterocycles. The number of aromatic hydroxyl groups is 2. The van der Waals surface area contributed by atoms with Gasteiger partial charge in [0.15, 0.2) is 6.61 Å². The average molecular weight is 403 g/mol. The van der Waals surface area contributed by atoms with Gasteiger partial charge in [-0.25, -0.2) is 14.4 Å². The zero-order valence-corrected chi connectivity index (χ0v) is 15.4. The minimum absolute atomic E-state index is 0.00305. The van der Waals surface area contributed by atoms with Gasteiger partial charge < -0.3 is 29.7 Å². The normalized spacial score (nSPS) is 10.0. The summed E-state index contributed by atoms with van der Waals surface area (Å²) in [6.45, 7) is -0.713. The highest BCUT2D eigenvalue weighted by atomic mass is 16.5. The van der Waals surface area contributed by atoms with E-state index in [9.17, 15) is 29.4 Å². The molecular formula is C19H17NO9. The van der Waals surface area contributed by atoms with Crippen LogP contribution in [0.1, 0.15) is 31.1 Å². The van der Waals surface area contributed by atoms with Crippen molar-refractivity contribution in [2.75, 3.05) is 26.1 Å². The van der Waals surface area contributed by atoms with Gasteiger partial charge in [-0.3, -0.25) is 4.79 Å². The summed E-state index contributed by atoms with van der Waals surface area (Å²) < 4.78 is 14.0. The monoisotopic (exact) mass is 403 g/mol. The zero-order chi connectivity index (χ0) is 21.6. The van der Waals surface area contributed by atoms with E-state index >= 15 is 0 Å². The van der Waals surface area contributed by atoms with Crippen LogP contribution in [-0.4, -0.2) is 54.9 Å². The molecule has 0 fully saturated rings. The number of nitrogens with one attached hydrogen (secondary N) is 1. The minimum atomic E-state index is -0.990. The van der Waals surface area contributed by atoms with Crippen LogP contribution in [0.15, 0.2) is 36.4 Å². The molecule has 0 heterocycles. The summed E-state index contributed by atoms with van der Waals surface area (Å²) in [4.78, 5) is 47.5. The molecule has 1 amide bonds. The van der Waals surface area contributed by atoms with Gasteiger partial charge in [-0.1, -0.05) is 0 Å². The Bertz CT molecular complexity index is 934. The van der Waals surface area contributed by atoms with E-state index in [1.165, 1.54) is 24.3 Å². The van der Waals surface area contributed by atoms with Crippen LogP contribution in [0, 0.1) is 0 Å². The first-order valence-electron chi connectivity index (χ1n) is 8.05. The molecule has 0 spiro atoms. The lowest BCUT2D eigenvalue weighted by Gasteiger charge is -2.10. The van der Waals surface area contributed by atoms with Crippen molar-refractivity contribution in [3.8, 4) is 11.5 Å². The third-order valence-electron chi connectivity index (χ3n) is 3.59. The second-order valence-corrected chi connectivity index (χ2v) is 5.61. The van der Waals surface area contributed by atoms with Crippen LogP contribution >= 0.6 is 0 Å². The predicted molar refractivity (Wildman–Crippen MR) is 97.8 cm³/mol. The molecular weight excluding hydrogens is 386 g/mol. The Hall–Kier alpha value is -4.08. The van der Waals surface area contributed by atoms with Gasteiger partial charge in [-0.05, 0) is 30.3 Å². The molecule has 0 atom stereocenters. The Labute approximate surface area is 164 Å². The lowest BCUT2D eigenvalue weighted by Crippen LogP contribution is -2.21. The molecule has 152 valence electrons. The summed E-state index contributed by atoms with van der Waals surface area (Å²) in [5.74, 6) is -3.99. The third kappa shape index (κ3) is 5.45. The number of benzene rings is 2. The van der Waals surface area contributed by atoms with E-state index in [2.05, 4.69) is 14.8 Å². The van der Waals surface area contributed by atoms with Gasteiger partial charge in [-0.2, -0.15) is 0 Å². The summed E-state index contributed by atoms with van der Waals surface area (Å²) in [7, 11) is 2.31. The van der Waals surface area contributed by atoms with Crippen LogP contribution in [-0.2, 0) is 19.0 Å². The molecule has 2 aromatic rings. The number of phenolic OH excluding ortho intramolecular Hbond substituents is 2. The SMILES string of the molecule is COC(=O)c1cc(NC(=O)COC(=O)c2ccc(O)cc2O)cc(C(=O)OC)c1. The fourth-order valence-corrected chi connectivity index (χ4v) is 2.27. The third-order valence-corrected chi connectivity index (χ3v) is 3.59. The number of phenols is 2. The molecule has 0 aromatic heterocycles. The smallest absolute Gasteiger partial charge is 0.342 e. The van der Waals surface area contributed by atoms with E-state index in [4.69, 9.17) is 4.74 Å². The molecule has 2 rings (SSSR count). The van der Waals surface area contributed by atoms with Crippen LogP contribution in [0.25, 0.3) is 0 Å². The lowest BCUT2D eigenvalue weighted by molar-refractivity contribution is -0.119. The molecule has 10 nitrogen and oxygen atoms in total. The number of hydrogen-bond donors (Lipinski definition) is 3. The molecule has 0 aliphatic rings. The molecule has 0 saturated carbocycles. The molecule has 0 aliphatic heterocycles. The van der Waals surface area contributed by atoms with Crippen molar-refractivity contribution in [2.45, 2.75) is 0 Å². The summed E-state index contributed by atoms with van der Waals surface area (Å²) in [5, 5.41) is 21.2. The largest absolute Gasteiger partial charge is 0.508 e. The Morgan fingerprint density at radius 3 is 1.97 bits per heavy atom. The Kier molecular flexibility index (Phi) is 6.75. The van der Waals surface area contributed by atoms with E-state index < -0.39 is 36.2 Å². The van der Waals surface area contributed by atoms with Crippen molar-refractivity contribution in [3.63, 3.8) is 0 Å². The second-order valence-electron chi connectivity index (χ2n) is 5.61. The van der Waals surface area contributed by atoms with Gasteiger partial charge in [0.05, 0.1) is 25.3 Å². The van der Waals surface area contributed by atoms with Gasteiger partial charge >= 0.3 is 17.9 Å². The maximum Gasteiger partial charge on any atom is 0.342 e. The number of carbonyl (C=O) groups is 4. The number of hydrogen-bond acceptors (Lipinski definition) is 9. The second kappa shape index (κ2) is 9.22. The van der Waals surface area contributed by atoms with Crippen LogP contribution in [0.5, 0.6) is 11.5 Å². The fourth-order valence-electron chi connectivity index (χ4n) is 2.27. The van der Waals surface area contributed by atoms with Crippen LogP contribution in [0.3, 0.4) is 0 Å². The molecule has 10 heteroatoms. The first-order valence-corrected chi connectivity index (χ1v) is 8.05. The molecule has 0 unspecified atom stereocenters. The summed E-state index contributed by atoms with van der Waals surface area (Å²) in [6, 6.07) is 7.02. The predicted octanol–water partition coefficient (Wildman–Crippen LogP) is 1.47. The Morgan fingerprint density at radius 1 is 0.862 bits per heavy atom. The molecule has 0 radical (unpaired) electrons. The van der Waals surface area contributed by atoms with Crippen LogP contribution in [0.4, 0.5) is 5.69 Å². The van der Waals surface area contributed by atoms with Crippen molar-refractivity contribution < 1.29 is 43.6 Å². The summed E-state index contributed by atoms with van der Waals surface area (Å²) in [5.41, 5.74) is -0.175. The molecule has 2 aromatic carbocycles. The number of carbonyl (C=O) groups excluding carboxylic acids is 4. The Balaban J connectivity index is 2.10. The first-order chi connectivity index (χ1) is 13.7. The molecule has 0 aliphatic carbocycles. The Morgan fingerprint density at radius 2 is 1.45 bits per heavy atom. The first kappa shape index (κ1) is 21.2. The molecule has 29 heavy (non-hydrogen) atoms. The average Bonchev–Trinajstić information content (AvgIpc) is 2.70. The van der Waals surface area contributed by atoms with Crippen molar-refractivity contribution in [1.82, 2.24) is 0 Å². The minimum Gasteiger partial charge on any atom is -0.508 e. The van der Waals surface area contributed by atoms with E-state index in [1.807, 2.05) is 0 Å². The van der Waals surface area contributed by atoms with Crippen molar-refractivity contribution in [2.24, 2.45) is 0 Å². The highest BCUT2D eigenvalue weighted by molar-refractivity contribution is 6.00. The van der Waals surface area contributed by atoms with E-state index in [-0.39, 0.29) is 28.1 Å². The van der Waals surface area contributed by atoms with Gasteiger partial charge in [0.1, 0.15) is 17.1 Å². The van der Waals surface area contributed by atoms with Gasteiger partial charge in [0.25, 0.3) is 5.91 Å². The highest BCUT2D eigenvalue weighted by Crippen LogP contribution is 2.23. The number of methoxy groups -OCH3 is 2. The van der Waals surface area contributed by atoms with E-state index in [0.717, 1.165) is 26.4 Å². The molecule has 0 bridgehead atoms. The van der Waals surface area contributed by atoms with Gasteiger partial charge in [-0.15, -0.1) is 0 Å². The van der Waals surface area contributed by atoms with Crippen molar-refractivity contribution in [1.29, 1.82) is 0 Å². The number of amides is 1. The lowest BCUT2D eigenvalue weighted by atomic mass is 10.1. The van der Waals surface area contributed by atoms with E-state index in [1.54, 1.807) is 0 Å². The number of rotatable bonds is 6. The van der Waals surface area contributed by atoms with Crippen LogP contribution in [0.2, 0.25) is 0 Å². The highest BCUT2D eigenvalue weighted by Gasteiger charge is 2.17. The van der Waals surface area contributed by atoms with Crippen LogP contribution < -0.4 is 5.32 Å². The maximum absolute atomic E-state index is 12.1. The number of esters is 3. The maximum atomic E-state index is 12.1. The van der Waals surface area contributed by atoms with Crippen molar-refractivity contribution in [3.05, 3.63) is 53.1 Å². The quantitative estimate of drug-likeness (QED) is 0.481. The standard InChI is InChI=1S/C19H17NO9/c1-27-17(24)10-5-11(18(25)28-2)7-12(6-10)20-16(23)9-29-19(26)14-4-3-13(21)8-15(14)22/h3-8,21-22H,9H2,1-2H3,(H,20,23). The number of ether oxygens (including phenoxy) is 3. The van der Waals surface area contributed by atoms with Gasteiger partial charge in [0, 0.05) is 11.8 Å². The molecule has 3 N–H and O–H groups in total. The van der Waals surface area contributed by atoms with Gasteiger partial charge in [0.2, 0.25) is 0 Å². The summed E-state index contributed by atoms with van der Waals surface area (Å²) in [6.07, 6.45) is 0. The fraction of sp³-hybridized carbons (Fsp3) is 0.158. The summed E-state index contributed by atoms with van der Waals surface area (Å²) >= 11 is 0. The van der Waals surface area contributed by atoms with Crippen molar-refractivity contribution >= 4 is 29.5 Å². The zero-order valence-electron chi connectivity index (χ0n) is 15.4. The van der Waals surface area contributed by atoms with E-state index in [0.29, 0.717) is 0 Å².